The zero-order chi connectivity index (χ0) is 26.2. The zero-order valence-electron chi connectivity index (χ0n) is 17.5. The van der Waals surface area contributed by atoms with Crippen molar-refractivity contribution in [2.45, 2.75) is 37.3 Å². The maximum atomic E-state index is 14.6. The average molecular weight is 513 g/mol. The van der Waals surface area contributed by atoms with Crippen LogP contribution in [-0.2, 0) is 10.3 Å². The molecule has 8 nitrogen and oxygen atoms in total. The van der Waals surface area contributed by atoms with E-state index >= 15 is 0 Å². The van der Waals surface area contributed by atoms with E-state index in [-0.39, 0.29) is 5.69 Å². The van der Waals surface area contributed by atoms with E-state index in [0.29, 0.717) is 6.07 Å². The third kappa shape index (κ3) is 6.24. The van der Waals surface area contributed by atoms with Crippen LogP contribution in [0.15, 0.2) is 29.5 Å². The molecule has 190 valence electrons. The summed E-state index contributed by atoms with van der Waals surface area (Å²) < 4.78 is 114. The van der Waals surface area contributed by atoms with Crippen LogP contribution in [0, 0.1) is 11.6 Å². The summed E-state index contributed by atoms with van der Waals surface area (Å²) in [5.41, 5.74) is 1.86. The largest absolute Gasteiger partial charge is 0.467 e. The van der Waals surface area contributed by atoms with Crippen LogP contribution in [0.3, 0.4) is 0 Å². The van der Waals surface area contributed by atoms with Gasteiger partial charge >= 0.3 is 12.4 Å². The third-order valence-corrected chi connectivity index (χ3v) is 4.68. The standard InChI is InChI=1S/C19H15F8N5O3/c1-17(4-12(19(25,26)27)35-16(28)32-17)9-2-8(3-10(20)14(9)21)31-15(33)11-5-30-13(6-29-11)34-7-18(22,23)24/h2-3,5-6,12H,4,7H2,1H3,(H2,28,32)(H,31,33)/t12-,17+/m0/s1. The highest BCUT2D eigenvalue weighted by atomic mass is 19.4. The zero-order valence-corrected chi connectivity index (χ0v) is 17.5. The van der Waals surface area contributed by atoms with Gasteiger partial charge in [0.15, 0.2) is 24.3 Å². The van der Waals surface area contributed by atoms with Gasteiger partial charge in [0, 0.05) is 23.7 Å². The highest BCUT2D eigenvalue weighted by molar-refractivity contribution is 6.02. The van der Waals surface area contributed by atoms with Crippen molar-refractivity contribution >= 4 is 17.6 Å². The number of ether oxygens (including phenoxy) is 2. The van der Waals surface area contributed by atoms with E-state index in [9.17, 15) is 39.9 Å². The number of carbonyl (C=O) groups excluding carboxylic acids is 1. The van der Waals surface area contributed by atoms with E-state index in [1.165, 1.54) is 0 Å². The summed E-state index contributed by atoms with van der Waals surface area (Å²) in [7, 11) is 0. The molecule has 0 fully saturated rings. The van der Waals surface area contributed by atoms with Gasteiger partial charge in [0.05, 0.1) is 17.9 Å². The Morgan fingerprint density at radius 3 is 2.46 bits per heavy atom. The summed E-state index contributed by atoms with van der Waals surface area (Å²) in [6.07, 6.45) is -11.4. The highest BCUT2D eigenvalue weighted by Crippen LogP contribution is 2.41. The molecule has 3 N–H and O–H groups in total. The number of rotatable bonds is 5. The minimum absolute atomic E-state index is 0.381. The smallest absolute Gasteiger partial charge is 0.425 e. The lowest BCUT2D eigenvalue weighted by Gasteiger charge is -2.36. The van der Waals surface area contributed by atoms with Gasteiger partial charge in [-0.25, -0.2) is 23.7 Å². The van der Waals surface area contributed by atoms with E-state index in [4.69, 9.17) is 5.73 Å². The Hall–Kier alpha value is -3.72. The van der Waals surface area contributed by atoms with Crippen LogP contribution in [0.25, 0.3) is 0 Å². The molecule has 35 heavy (non-hydrogen) atoms. The number of aliphatic imine (C=N–C) groups is 1. The number of halogens is 8. The van der Waals surface area contributed by atoms with Crippen LogP contribution in [0.2, 0.25) is 0 Å². The first kappa shape index (κ1) is 25.9. The molecule has 1 aliphatic rings. The fourth-order valence-corrected chi connectivity index (χ4v) is 3.13. The molecule has 2 atom stereocenters. The highest BCUT2D eigenvalue weighted by Gasteiger charge is 2.50. The number of nitrogens with zero attached hydrogens (tertiary/aromatic N) is 3. The fourth-order valence-electron chi connectivity index (χ4n) is 3.13. The van der Waals surface area contributed by atoms with Gasteiger partial charge in [0.2, 0.25) is 5.88 Å². The minimum Gasteiger partial charge on any atom is -0.467 e. The second-order valence-electron chi connectivity index (χ2n) is 7.49. The molecule has 0 spiro atoms. The summed E-state index contributed by atoms with van der Waals surface area (Å²) in [6, 6.07) is 0.528. The Bertz CT molecular complexity index is 1140. The van der Waals surface area contributed by atoms with Crippen LogP contribution in [-0.4, -0.2) is 47.0 Å². The fraction of sp³-hybridized carbons (Fsp3) is 0.368. The molecule has 0 aliphatic carbocycles. The van der Waals surface area contributed by atoms with E-state index in [0.717, 1.165) is 25.4 Å². The number of alkyl halides is 6. The molecule has 0 bridgehead atoms. The number of amides is 1. The molecule has 0 radical (unpaired) electrons. The predicted molar refractivity (Wildman–Crippen MR) is 102 cm³/mol. The molecule has 2 heterocycles. The molecular weight excluding hydrogens is 498 g/mol. The van der Waals surface area contributed by atoms with Crippen molar-refractivity contribution in [3.63, 3.8) is 0 Å². The van der Waals surface area contributed by atoms with Crippen LogP contribution >= 0.6 is 0 Å². The lowest BCUT2D eigenvalue weighted by molar-refractivity contribution is -0.208. The topological polar surface area (TPSA) is 112 Å². The average Bonchev–Trinajstić information content (AvgIpc) is 2.73. The first-order valence-electron chi connectivity index (χ1n) is 9.48. The van der Waals surface area contributed by atoms with Crippen molar-refractivity contribution in [3.8, 4) is 5.88 Å². The monoisotopic (exact) mass is 513 g/mol. The van der Waals surface area contributed by atoms with Gasteiger partial charge in [-0.15, -0.1) is 0 Å². The van der Waals surface area contributed by atoms with Crippen molar-refractivity contribution in [1.29, 1.82) is 0 Å². The minimum atomic E-state index is -4.88. The lowest BCUT2D eigenvalue weighted by Crippen LogP contribution is -2.46. The summed E-state index contributed by atoms with van der Waals surface area (Å²) in [5.74, 6) is -4.60. The molecule has 2 aromatic rings. The van der Waals surface area contributed by atoms with Gasteiger partial charge in [0.25, 0.3) is 11.9 Å². The maximum Gasteiger partial charge on any atom is 0.425 e. The number of amidine groups is 1. The molecule has 0 saturated heterocycles. The molecule has 16 heteroatoms. The number of nitrogens with one attached hydrogen (secondary N) is 1. The van der Waals surface area contributed by atoms with Gasteiger partial charge in [-0.05, 0) is 13.0 Å². The SMILES string of the molecule is C[C@]1(c2cc(NC(=O)c3cnc(OCC(F)(F)F)cn3)cc(F)c2F)C[C@@H](C(F)(F)F)OC(N)=N1. The van der Waals surface area contributed by atoms with Crippen molar-refractivity contribution in [1.82, 2.24) is 9.97 Å². The Labute approximate surface area is 191 Å². The summed E-state index contributed by atoms with van der Waals surface area (Å²) in [5, 5.41) is 2.15. The van der Waals surface area contributed by atoms with Crippen molar-refractivity contribution < 1.29 is 49.4 Å². The quantitative estimate of drug-likeness (QED) is 0.588. The van der Waals surface area contributed by atoms with Crippen LogP contribution < -0.4 is 15.8 Å². The molecular formula is C19H15F8N5O3. The molecule has 0 unspecified atom stereocenters. The number of hydrogen-bond acceptors (Lipinski definition) is 7. The predicted octanol–water partition coefficient (Wildman–Crippen LogP) is 3.83. The number of hydrogen-bond donors (Lipinski definition) is 2. The maximum absolute atomic E-state index is 14.6. The molecule has 1 aliphatic heterocycles. The first-order chi connectivity index (χ1) is 16.1. The van der Waals surface area contributed by atoms with Gasteiger partial charge < -0.3 is 20.5 Å². The van der Waals surface area contributed by atoms with Crippen LogP contribution in [0.4, 0.5) is 40.8 Å². The first-order valence-corrected chi connectivity index (χ1v) is 9.48. The second kappa shape index (κ2) is 9.14. The van der Waals surface area contributed by atoms with Gasteiger partial charge in [0.1, 0.15) is 5.69 Å². The van der Waals surface area contributed by atoms with Crippen LogP contribution in [0.1, 0.15) is 29.4 Å². The number of anilines is 1. The molecule has 1 aromatic carbocycles. The Kier molecular flexibility index (Phi) is 6.77. The second-order valence-corrected chi connectivity index (χ2v) is 7.49. The van der Waals surface area contributed by atoms with E-state index in [1.807, 2.05) is 0 Å². The molecule has 0 saturated carbocycles. The Morgan fingerprint density at radius 2 is 1.89 bits per heavy atom. The van der Waals surface area contributed by atoms with Crippen LogP contribution in [0.5, 0.6) is 5.88 Å². The third-order valence-electron chi connectivity index (χ3n) is 4.68. The van der Waals surface area contributed by atoms with E-state index in [1.54, 1.807) is 0 Å². The summed E-state index contributed by atoms with van der Waals surface area (Å²) in [4.78, 5) is 23.1. The van der Waals surface area contributed by atoms with Gasteiger partial charge in [-0.1, -0.05) is 0 Å². The number of benzene rings is 1. The summed E-state index contributed by atoms with van der Waals surface area (Å²) >= 11 is 0. The number of aromatic nitrogens is 2. The number of nitrogens with two attached hydrogens (primary N) is 1. The molecule has 1 aromatic heterocycles. The Balaban J connectivity index is 1.84. The lowest BCUT2D eigenvalue weighted by atomic mass is 9.85. The van der Waals surface area contributed by atoms with Crippen molar-refractivity contribution in [2.24, 2.45) is 10.7 Å². The Morgan fingerprint density at radius 1 is 1.20 bits per heavy atom. The normalized spacial score (nSPS) is 20.6. The molecule has 3 rings (SSSR count). The van der Waals surface area contributed by atoms with Crippen molar-refractivity contribution in [2.75, 3.05) is 11.9 Å². The van der Waals surface area contributed by atoms with E-state index in [2.05, 4.69) is 29.8 Å². The molecule has 1 amide bonds. The summed E-state index contributed by atoms with van der Waals surface area (Å²) in [6.45, 7) is -0.563. The van der Waals surface area contributed by atoms with E-state index < -0.39 is 77.7 Å². The van der Waals surface area contributed by atoms with Crippen molar-refractivity contribution in [3.05, 3.63) is 47.4 Å². The van der Waals surface area contributed by atoms with Gasteiger partial charge in [-0.3, -0.25) is 4.79 Å². The number of carbonyl (C=O) groups is 1. The van der Waals surface area contributed by atoms with Gasteiger partial charge in [-0.2, -0.15) is 26.3 Å².